The number of unbranched alkanes of at least 4 members (excludes halogenated alkanes) is 1. The Hall–Kier alpha value is -3.52. The maximum atomic E-state index is 13.8. The van der Waals surface area contributed by atoms with Gasteiger partial charge in [-0.25, -0.2) is 19.3 Å². The number of aryl methyl sites for hydroxylation is 1. The molecule has 1 atom stereocenters. The third-order valence-electron chi connectivity index (χ3n) is 7.02. The molecule has 1 unspecified atom stereocenters. The second-order valence-electron chi connectivity index (χ2n) is 9.51. The molecule has 1 aliphatic heterocycles. The van der Waals surface area contributed by atoms with Crippen LogP contribution in [-0.2, 0) is 13.0 Å². The molecule has 2 aromatic carbocycles. The molecule has 4 heterocycles. The molecule has 6 rings (SSSR count). The van der Waals surface area contributed by atoms with Gasteiger partial charge in [-0.2, -0.15) is 0 Å². The maximum absolute atomic E-state index is 13.8. The Labute approximate surface area is 223 Å². The van der Waals surface area contributed by atoms with E-state index in [1.807, 2.05) is 6.07 Å². The van der Waals surface area contributed by atoms with Crippen molar-refractivity contribution in [2.45, 2.75) is 45.2 Å². The highest BCUT2D eigenvalue weighted by Gasteiger charge is 2.31. The largest absolute Gasteiger partial charge is 0.354 e. The molecule has 0 saturated heterocycles. The van der Waals surface area contributed by atoms with Crippen molar-refractivity contribution >= 4 is 32.8 Å². The Kier molecular flexibility index (Phi) is 6.50. The van der Waals surface area contributed by atoms with E-state index in [0.29, 0.717) is 5.95 Å². The number of rotatable bonds is 8. The van der Waals surface area contributed by atoms with Crippen LogP contribution in [0.5, 0.6) is 0 Å². The van der Waals surface area contributed by atoms with Gasteiger partial charge in [0.05, 0.1) is 23.1 Å². The quantitative estimate of drug-likeness (QED) is 0.203. The molecule has 37 heavy (non-hydrogen) atoms. The summed E-state index contributed by atoms with van der Waals surface area (Å²) in [4.78, 5) is 14.4. The van der Waals surface area contributed by atoms with Gasteiger partial charge in [0, 0.05) is 52.8 Å². The standard InChI is InChI=1S/C29H28BrFN6/c1-2-3-14-32-29-33-15-12-24(34-29)28-27(19-4-7-22(31)8-5-19)35-26-11-9-23(37(26)28)18-36-16-13-20-17-21(30)6-10-25(20)36/h4-8,10,12-13,15-17,23H,2-3,9,11,14,18H2,1H3,(H,32,33,34). The highest BCUT2D eigenvalue weighted by Crippen LogP contribution is 2.40. The Balaban J connectivity index is 1.43. The molecule has 6 nitrogen and oxygen atoms in total. The van der Waals surface area contributed by atoms with Gasteiger partial charge in [0.2, 0.25) is 5.95 Å². The van der Waals surface area contributed by atoms with E-state index in [2.05, 4.69) is 72.8 Å². The number of imidazole rings is 1. The van der Waals surface area contributed by atoms with Crippen molar-refractivity contribution in [2.24, 2.45) is 0 Å². The van der Waals surface area contributed by atoms with E-state index in [1.54, 1.807) is 18.3 Å². The Morgan fingerprint density at radius 1 is 1.08 bits per heavy atom. The SMILES string of the molecule is CCCCNc1nccc(-c2c(-c3ccc(F)cc3)nc3n2C(Cn2ccc4cc(Br)ccc42)CC3)n1. The number of anilines is 1. The lowest BCUT2D eigenvalue weighted by molar-refractivity contribution is 0.459. The maximum Gasteiger partial charge on any atom is 0.223 e. The summed E-state index contributed by atoms with van der Waals surface area (Å²) in [6.07, 6.45) is 8.00. The number of aromatic nitrogens is 5. The fourth-order valence-corrected chi connectivity index (χ4v) is 5.59. The molecule has 1 aliphatic rings. The lowest BCUT2D eigenvalue weighted by Crippen LogP contribution is -2.14. The van der Waals surface area contributed by atoms with Crippen LogP contribution >= 0.6 is 15.9 Å². The molecule has 0 saturated carbocycles. The van der Waals surface area contributed by atoms with Crippen LogP contribution in [0.3, 0.4) is 0 Å². The molecule has 0 spiro atoms. The number of nitrogens with one attached hydrogen (secondary N) is 1. The van der Waals surface area contributed by atoms with Gasteiger partial charge in [-0.3, -0.25) is 0 Å². The first kappa shape index (κ1) is 23.9. The second-order valence-corrected chi connectivity index (χ2v) is 10.4. The molecule has 0 fully saturated rings. The first-order valence-corrected chi connectivity index (χ1v) is 13.6. The number of hydrogen-bond donors (Lipinski definition) is 1. The van der Waals surface area contributed by atoms with Crippen molar-refractivity contribution in [3.8, 4) is 22.6 Å². The molecule has 188 valence electrons. The summed E-state index contributed by atoms with van der Waals surface area (Å²) in [6, 6.07) is 17.3. The normalized spacial score (nSPS) is 14.8. The number of nitrogens with zero attached hydrogens (tertiary/aromatic N) is 5. The summed E-state index contributed by atoms with van der Waals surface area (Å²) in [6.45, 7) is 3.82. The summed E-state index contributed by atoms with van der Waals surface area (Å²) >= 11 is 3.58. The summed E-state index contributed by atoms with van der Waals surface area (Å²) in [5.41, 5.74) is 4.71. The minimum Gasteiger partial charge on any atom is -0.354 e. The third-order valence-corrected chi connectivity index (χ3v) is 7.51. The van der Waals surface area contributed by atoms with Crippen LogP contribution in [-0.4, -0.2) is 30.6 Å². The monoisotopic (exact) mass is 558 g/mol. The predicted molar refractivity (Wildman–Crippen MR) is 149 cm³/mol. The van der Waals surface area contributed by atoms with Crippen molar-refractivity contribution in [2.75, 3.05) is 11.9 Å². The molecule has 0 amide bonds. The smallest absolute Gasteiger partial charge is 0.223 e. The van der Waals surface area contributed by atoms with Crippen molar-refractivity contribution in [3.05, 3.63) is 83.1 Å². The first-order chi connectivity index (χ1) is 18.1. The molecular formula is C29H28BrFN6. The van der Waals surface area contributed by atoms with Gasteiger partial charge in [0.25, 0.3) is 0 Å². The molecule has 0 aliphatic carbocycles. The Morgan fingerprint density at radius 2 is 1.95 bits per heavy atom. The van der Waals surface area contributed by atoms with Gasteiger partial charge >= 0.3 is 0 Å². The van der Waals surface area contributed by atoms with E-state index >= 15 is 0 Å². The van der Waals surface area contributed by atoms with Crippen molar-refractivity contribution in [3.63, 3.8) is 0 Å². The first-order valence-electron chi connectivity index (χ1n) is 12.8. The Bertz CT molecular complexity index is 1550. The van der Waals surface area contributed by atoms with Gasteiger partial charge in [-0.1, -0.05) is 29.3 Å². The molecule has 0 bridgehead atoms. The fraction of sp³-hybridized carbons (Fsp3) is 0.276. The summed E-state index contributed by atoms with van der Waals surface area (Å²) in [7, 11) is 0. The minimum atomic E-state index is -0.259. The van der Waals surface area contributed by atoms with Crippen molar-refractivity contribution in [1.82, 2.24) is 24.1 Å². The molecule has 5 aromatic rings. The molecule has 8 heteroatoms. The molecule has 1 N–H and O–H groups in total. The van der Waals surface area contributed by atoms with Crippen molar-refractivity contribution < 1.29 is 4.39 Å². The van der Waals surface area contributed by atoms with Gasteiger partial charge in [0.1, 0.15) is 11.6 Å². The van der Waals surface area contributed by atoms with E-state index in [0.717, 1.165) is 71.7 Å². The van der Waals surface area contributed by atoms with Crippen LogP contribution in [0.15, 0.2) is 71.5 Å². The summed E-state index contributed by atoms with van der Waals surface area (Å²) < 4.78 is 19.5. The van der Waals surface area contributed by atoms with E-state index in [4.69, 9.17) is 9.97 Å². The van der Waals surface area contributed by atoms with E-state index in [9.17, 15) is 4.39 Å². The average molecular weight is 559 g/mol. The molecular weight excluding hydrogens is 531 g/mol. The van der Waals surface area contributed by atoms with E-state index in [1.165, 1.54) is 23.0 Å². The van der Waals surface area contributed by atoms with Gasteiger partial charge < -0.3 is 14.5 Å². The lowest BCUT2D eigenvalue weighted by atomic mass is 10.1. The second kappa shape index (κ2) is 10.1. The van der Waals surface area contributed by atoms with Crippen molar-refractivity contribution in [1.29, 1.82) is 0 Å². The highest BCUT2D eigenvalue weighted by molar-refractivity contribution is 9.10. The van der Waals surface area contributed by atoms with Crippen LogP contribution in [0.2, 0.25) is 0 Å². The summed E-state index contributed by atoms with van der Waals surface area (Å²) in [5, 5.41) is 4.56. The number of benzene rings is 2. The Morgan fingerprint density at radius 3 is 2.78 bits per heavy atom. The number of fused-ring (bicyclic) bond motifs is 2. The third kappa shape index (κ3) is 4.66. The zero-order valence-electron chi connectivity index (χ0n) is 20.7. The molecule has 3 aromatic heterocycles. The lowest BCUT2D eigenvalue weighted by Gasteiger charge is -2.19. The fourth-order valence-electron chi connectivity index (χ4n) is 5.21. The van der Waals surface area contributed by atoms with E-state index < -0.39 is 0 Å². The van der Waals surface area contributed by atoms with E-state index in [-0.39, 0.29) is 11.9 Å². The zero-order chi connectivity index (χ0) is 25.4. The minimum absolute atomic E-state index is 0.220. The van der Waals surface area contributed by atoms with Crippen LogP contribution in [0.1, 0.15) is 38.1 Å². The summed E-state index contributed by atoms with van der Waals surface area (Å²) in [5.74, 6) is 1.39. The van der Waals surface area contributed by atoms with Crippen LogP contribution in [0.4, 0.5) is 10.3 Å². The number of halogens is 2. The average Bonchev–Trinajstić information content (AvgIpc) is 3.59. The topological polar surface area (TPSA) is 60.6 Å². The predicted octanol–water partition coefficient (Wildman–Crippen LogP) is 7.26. The van der Waals surface area contributed by atoms with Gasteiger partial charge in [-0.05, 0) is 67.4 Å². The zero-order valence-corrected chi connectivity index (χ0v) is 22.2. The van der Waals surface area contributed by atoms with Crippen LogP contribution in [0.25, 0.3) is 33.5 Å². The van der Waals surface area contributed by atoms with Gasteiger partial charge in [0.15, 0.2) is 0 Å². The van der Waals surface area contributed by atoms with Crippen LogP contribution < -0.4 is 5.32 Å². The van der Waals surface area contributed by atoms with Gasteiger partial charge in [-0.15, -0.1) is 0 Å². The highest BCUT2D eigenvalue weighted by atomic mass is 79.9. The number of hydrogen-bond acceptors (Lipinski definition) is 4. The van der Waals surface area contributed by atoms with Crippen LogP contribution in [0, 0.1) is 5.82 Å². The molecule has 0 radical (unpaired) electrons.